The summed E-state index contributed by atoms with van der Waals surface area (Å²) in [6.45, 7) is 1.46. The van der Waals surface area contributed by atoms with Crippen LogP contribution in [0.1, 0.15) is 62.3 Å². The lowest BCUT2D eigenvalue weighted by Gasteiger charge is -2.33. The van der Waals surface area contributed by atoms with Gasteiger partial charge >= 0.3 is 0 Å². The molecule has 3 unspecified atom stereocenters. The molecule has 0 amide bonds. The first-order valence-electron chi connectivity index (χ1n) is 8.76. The van der Waals surface area contributed by atoms with Gasteiger partial charge in [0, 0.05) is 17.5 Å². The molecule has 1 aromatic rings. The van der Waals surface area contributed by atoms with E-state index in [0.29, 0.717) is 24.5 Å². The van der Waals surface area contributed by atoms with Crippen LogP contribution in [-0.2, 0) is 0 Å². The Morgan fingerprint density at radius 2 is 1.81 bits per heavy atom. The fourth-order valence-corrected chi connectivity index (χ4v) is 5.22. The van der Waals surface area contributed by atoms with Gasteiger partial charge < -0.3 is 10.4 Å². The summed E-state index contributed by atoms with van der Waals surface area (Å²) in [5, 5.41) is 15.7. The fourth-order valence-electron chi connectivity index (χ4n) is 4.33. The molecular formula is C18H29NOS. The summed E-state index contributed by atoms with van der Waals surface area (Å²) in [7, 11) is 0. The molecule has 2 N–H and O–H groups in total. The van der Waals surface area contributed by atoms with E-state index in [1.54, 1.807) is 0 Å². The highest BCUT2D eigenvalue weighted by atomic mass is 32.1. The van der Waals surface area contributed by atoms with Crippen molar-refractivity contribution in [1.82, 2.24) is 5.32 Å². The van der Waals surface area contributed by atoms with Gasteiger partial charge in [-0.2, -0.15) is 0 Å². The van der Waals surface area contributed by atoms with E-state index in [1.807, 2.05) is 11.3 Å². The Hall–Kier alpha value is -0.380. The van der Waals surface area contributed by atoms with Crippen molar-refractivity contribution in [2.24, 2.45) is 17.8 Å². The fraction of sp³-hybridized carbons (Fsp3) is 0.778. The van der Waals surface area contributed by atoms with Crippen molar-refractivity contribution in [2.75, 3.05) is 13.2 Å². The molecule has 3 atom stereocenters. The molecule has 21 heavy (non-hydrogen) atoms. The van der Waals surface area contributed by atoms with Crippen LogP contribution in [0.5, 0.6) is 0 Å². The van der Waals surface area contributed by atoms with Gasteiger partial charge in [-0.15, -0.1) is 11.3 Å². The molecule has 2 fully saturated rings. The summed E-state index contributed by atoms with van der Waals surface area (Å²) in [6, 6.07) is 5.03. The van der Waals surface area contributed by atoms with E-state index in [-0.39, 0.29) is 0 Å². The van der Waals surface area contributed by atoms with Crippen LogP contribution >= 0.6 is 11.3 Å². The van der Waals surface area contributed by atoms with Crippen LogP contribution in [0.2, 0.25) is 0 Å². The van der Waals surface area contributed by atoms with E-state index in [9.17, 15) is 5.11 Å². The number of nitrogens with one attached hydrogen (secondary N) is 1. The van der Waals surface area contributed by atoms with Crippen LogP contribution in [0.4, 0.5) is 0 Å². The lowest BCUT2D eigenvalue weighted by Crippen LogP contribution is -2.36. The third-order valence-corrected chi connectivity index (χ3v) is 6.58. The van der Waals surface area contributed by atoms with Crippen LogP contribution < -0.4 is 5.32 Å². The van der Waals surface area contributed by atoms with Crippen molar-refractivity contribution >= 4 is 11.3 Å². The van der Waals surface area contributed by atoms with Gasteiger partial charge in [-0.25, -0.2) is 0 Å². The molecule has 3 rings (SSSR count). The minimum absolute atomic E-state index is 0.374. The first-order valence-corrected chi connectivity index (χ1v) is 9.64. The van der Waals surface area contributed by atoms with Gasteiger partial charge in [0.2, 0.25) is 0 Å². The second-order valence-corrected chi connectivity index (χ2v) is 7.91. The Morgan fingerprint density at radius 3 is 2.48 bits per heavy atom. The number of hydrogen-bond acceptors (Lipinski definition) is 3. The molecule has 0 bridgehead atoms. The SMILES string of the molecule is OCC1CCCCC1CNC(c1cccs1)C1CCCC1. The third kappa shape index (κ3) is 3.88. The Labute approximate surface area is 133 Å². The molecule has 2 aliphatic carbocycles. The lowest BCUT2D eigenvalue weighted by molar-refractivity contribution is 0.129. The Bertz CT molecular complexity index is 399. The molecule has 0 aromatic carbocycles. The number of aliphatic hydroxyl groups is 1. The molecule has 2 saturated carbocycles. The molecule has 118 valence electrons. The maximum absolute atomic E-state index is 9.60. The molecule has 0 radical (unpaired) electrons. The zero-order valence-corrected chi connectivity index (χ0v) is 13.8. The lowest BCUT2D eigenvalue weighted by atomic mass is 9.79. The molecule has 1 aromatic heterocycles. The zero-order valence-electron chi connectivity index (χ0n) is 13.0. The summed E-state index contributed by atoms with van der Waals surface area (Å²) in [6.07, 6.45) is 10.7. The van der Waals surface area contributed by atoms with E-state index in [1.165, 1.54) is 56.2 Å². The minimum atomic E-state index is 0.374. The summed E-state index contributed by atoms with van der Waals surface area (Å²) >= 11 is 1.90. The van der Waals surface area contributed by atoms with Crippen molar-refractivity contribution < 1.29 is 5.11 Å². The second kappa shape index (κ2) is 7.75. The van der Waals surface area contributed by atoms with Gasteiger partial charge in [-0.1, -0.05) is 31.7 Å². The Balaban J connectivity index is 1.61. The van der Waals surface area contributed by atoms with Gasteiger partial charge in [0.25, 0.3) is 0 Å². The largest absolute Gasteiger partial charge is 0.396 e. The number of rotatable bonds is 6. The Morgan fingerprint density at radius 1 is 1.10 bits per heavy atom. The number of hydrogen-bond donors (Lipinski definition) is 2. The Kier molecular flexibility index (Phi) is 5.73. The van der Waals surface area contributed by atoms with Gasteiger partial charge in [0.1, 0.15) is 0 Å². The molecule has 3 heteroatoms. The molecular weight excluding hydrogens is 278 g/mol. The topological polar surface area (TPSA) is 32.3 Å². The number of aliphatic hydroxyl groups excluding tert-OH is 1. The first-order chi connectivity index (χ1) is 10.4. The van der Waals surface area contributed by atoms with Crippen LogP contribution in [0, 0.1) is 17.8 Å². The molecule has 0 spiro atoms. The standard InChI is InChI=1S/C18H29NOS/c20-13-16-9-4-3-8-15(16)12-19-18(14-6-1-2-7-14)17-10-5-11-21-17/h5,10-11,14-16,18-20H,1-4,6-9,12-13H2. The average Bonchev–Trinajstić information content (AvgIpc) is 3.22. The molecule has 2 aliphatic rings. The highest BCUT2D eigenvalue weighted by Crippen LogP contribution is 2.38. The van der Waals surface area contributed by atoms with E-state index in [4.69, 9.17) is 0 Å². The van der Waals surface area contributed by atoms with Crippen LogP contribution in [0.3, 0.4) is 0 Å². The van der Waals surface area contributed by atoms with Crippen molar-refractivity contribution in [2.45, 2.75) is 57.4 Å². The van der Waals surface area contributed by atoms with Crippen molar-refractivity contribution in [1.29, 1.82) is 0 Å². The van der Waals surface area contributed by atoms with E-state index < -0.39 is 0 Å². The van der Waals surface area contributed by atoms with Crippen LogP contribution in [-0.4, -0.2) is 18.3 Å². The molecule has 2 nitrogen and oxygen atoms in total. The van der Waals surface area contributed by atoms with Crippen molar-refractivity contribution in [3.8, 4) is 0 Å². The molecule has 0 saturated heterocycles. The summed E-state index contributed by atoms with van der Waals surface area (Å²) in [4.78, 5) is 1.51. The second-order valence-electron chi connectivity index (χ2n) is 6.93. The minimum Gasteiger partial charge on any atom is -0.396 e. The third-order valence-electron chi connectivity index (χ3n) is 5.62. The van der Waals surface area contributed by atoms with Gasteiger partial charge in [0.15, 0.2) is 0 Å². The summed E-state index contributed by atoms with van der Waals surface area (Å²) in [5.41, 5.74) is 0. The highest BCUT2D eigenvalue weighted by Gasteiger charge is 2.29. The zero-order chi connectivity index (χ0) is 14.5. The van der Waals surface area contributed by atoms with E-state index in [2.05, 4.69) is 22.8 Å². The predicted molar refractivity (Wildman–Crippen MR) is 89.6 cm³/mol. The van der Waals surface area contributed by atoms with Gasteiger partial charge in [-0.05, 0) is 61.4 Å². The predicted octanol–water partition coefficient (Wildman–Crippen LogP) is 4.37. The van der Waals surface area contributed by atoms with Crippen LogP contribution in [0.25, 0.3) is 0 Å². The maximum atomic E-state index is 9.60. The van der Waals surface area contributed by atoms with Crippen LogP contribution in [0.15, 0.2) is 17.5 Å². The maximum Gasteiger partial charge on any atom is 0.0462 e. The summed E-state index contributed by atoms with van der Waals surface area (Å²) in [5.74, 6) is 2.02. The van der Waals surface area contributed by atoms with Crippen molar-refractivity contribution in [3.05, 3.63) is 22.4 Å². The molecule has 1 heterocycles. The van der Waals surface area contributed by atoms with E-state index >= 15 is 0 Å². The molecule has 0 aliphatic heterocycles. The van der Waals surface area contributed by atoms with Gasteiger partial charge in [0.05, 0.1) is 0 Å². The monoisotopic (exact) mass is 307 g/mol. The quantitative estimate of drug-likeness (QED) is 0.818. The average molecular weight is 308 g/mol. The highest BCUT2D eigenvalue weighted by molar-refractivity contribution is 7.10. The van der Waals surface area contributed by atoms with Gasteiger partial charge in [-0.3, -0.25) is 0 Å². The van der Waals surface area contributed by atoms with Crippen molar-refractivity contribution in [3.63, 3.8) is 0 Å². The number of thiophene rings is 1. The smallest absolute Gasteiger partial charge is 0.0462 e. The van der Waals surface area contributed by atoms with E-state index in [0.717, 1.165) is 12.5 Å². The first kappa shape index (κ1) is 15.5. The normalized spacial score (nSPS) is 28.8. The summed E-state index contributed by atoms with van der Waals surface area (Å²) < 4.78 is 0.